The summed E-state index contributed by atoms with van der Waals surface area (Å²) in [7, 11) is 0. The molecule has 0 bridgehead atoms. The number of halogens is 1. The first-order chi connectivity index (χ1) is 20.4. The maximum Gasteiger partial charge on any atom is 0.255 e. The van der Waals surface area contributed by atoms with Crippen molar-refractivity contribution in [2.75, 3.05) is 31.1 Å². The zero-order valence-corrected chi connectivity index (χ0v) is 23.5. The van der Waals surface area contributed by atoms with Gasteiger partial charge in [-0.1, -0.05) is 30.3 Å². The van der Waals surface area contributed by atoms with Gasteiger partial charge in [-0.05, 0) is 47.9 Å². The lowest BCUT2D eigenvalue weighted by Crippen LogP contribution is -2.52. The second-order valence-electron chi connectivity index (χ2n) is 10.8. The van der Waals surface area contributed by atoms with Gasteiger partial charge in [-0.2, -0.15) is 5.26 Å². The SMILES string of the molecule is N#Cc1ccc(N2CCN(Cc3ccc(COc4cccc5c4CN([C@H]4CCC(=O)NC4=O)C5=O)cc3)CC2)c(F)c1.O. The van der Waals surface area contributed by atoms with E-state index >= 15 is 0 Å². The number of ether oxygens (including phenoxy) is 1. The van der Waals surface area contributed by atoms with Gasteiger partial charge in [0.2, 0.25) is 11.8 Å². The largest absolute Gasteiger partial charge is 0.489 e. The Morgan fingerprint density at radius 1 is 0.977 bits per heavy atom. The van der Waals surface area contributed by atoms with Gasteiger partial charge in [0.1, 0.15) is 24.2 Å². The van der Waals surface area contributed by atoms with Crippen LogP contribution in [0.5, 0.6) is 5.75 Å². The van der Waals surface area contributed by atoms with Crippen LogP contribution in [0, 0.1) is 17.1 Å². The Kier molecular flexibility index (Phi) is 8.71. The maximum atomic E-state index is 14.4. The average molecular weight is 586 g/mol. The highest BCUT2D eigenvalue weighted by atomic mass is 19.1. The first kappa shape index (κ1) is 29.7. The minimum Gasteiger partial charge on any atom is -0.489 e. The second kappa shape index (κ2) is 12.6. The Bertz CT molecular complexity index is 1580. The van der Waals surface area contributed by atoms with Crippen molar-refractivity contribution >= 4 is 23.4 Å². The lowest BCUT2D eigenvalue weighted by molar-refractivity contribution is -0.136. The number of anilines is 1. The Labute approximate surface area is 248 Å². The van der Waals surface area contributed by atoms with Crippen LogP contribution in [0.2, 0.25) is 0 Å². The molecule has 3 aliphatic heterocycles. The fourth-order valence-corrected chi connectivity index (χ4v) is 5.83. The highest BCUT2D eigenvalue weighted by molar-refractivity contribution is 6.05. The maximum absolute atomic E-state index is 14.4. The van der Waals surface area contributed by atoms with Gasteiger partial charge in [0, 0.05) is 50.3 Å². The molecule has 11 heteroatoms. The van der Waals surface area contributed by atoms with Crippen molar-refractivity contribution in [3.63, 3.8) is 0 Å². The van der Waals surface area contributed by atoms with Gasteiger partial charge in [-0.15, -0.1) is 0 Å². The summed E-state index contributed by atoms with van der Waals surface area (Å²) in [4.78, 5) is 42.8. The zero-order chi connectivity index (χ0) is 29.2. The molecular formula is C32H32FN5O5. The molecule has 6 rings (SSSR count). The number of piperazine rings is 1. The number of nitrogens with zero attached hydrogens (tertiary/aromatic N) is 4. The molecule has 3 amide bonds. The molecule has 1 atom stereocenters. The van der Waals surface area contributed by atoms with Gasteiger partial charge in [0.05, 0.1) is 23.9 Å². The first-order valence-corrected chi connectivity index (χ1v) is 14.0. The van der Waals surface area contributed by atoms with Crippen molar-refractivity contribution < 1.29 is 29.0 Å². The summed E-state index contributed by atoms with van der Waals surface area (Å²) in [5.74, 6) is -0.723. The summed E-state index contributed by atoms with van der Waals surface area (Å²) in [5, 5.41) is 11.3. The number of piperidine rings is 1. The number of nitriles is 1. The molecule has 3 heterocycles. The molecule has 0 saturated carbocycles. The fraction of sp³-hybridized carbons (Fsp3) is 0.312. The zero-order valence-electron chi connectivity index (χ0n) is 23.5. The Balaban J connectivity index is 0.00000368. The fourth-order valence-electron chi connectivity index (χ4n) is 5.83. The van der Waals surface area contributed by atoms with Crippen LogP contribution in [-0.2, 0) is 29.3 Å². The molecule has 0 spiro atoms. The Morgan fingerprint density at radius 3 is 2.42 bits per heavy atom. The summed E-state index contributed by atoms with van der Waals surface area (Å²) in [6.07, 6.45) is 0.531. The monoisotopic (exact) mass is 585 g/mol. The predicted octanol–water partition coefficient (Wildman–Crippen LogP) is 2.53. The molecule has 3 N–H and O–H groups in total. The van der Waals surface area contributed by atoms with Crippen LogP contribution in [0.1, 0.15) is 45.5 Å². The number of benzene rings is 3. The highest BCUT2D eigenvalue weighted by Crippen LogP contribution is 2.34. The summed E-state index contributed by atoms with van der Waals surface area (Å²) in [6.45, 7) is 4.41. The molecule has 3 aliphatic rings. The molecule has 0 radical (unpaired) electrons. The summed E-state index contributed by atoms with van der Waals surface area (Å²) in [5.41, 5.74) is 4.29. The van der Waals surface area contributed by atoms with E-state index in [1.54, 1.807) is 24.3 Å². The third-order valence-corrected chi connectivity index (χ3v) is 8.15. The van der Waals surface area contributed by atoms with Crippen LogP contribution >= 0.6 is 0 Å². The third kappa shape index (κ3) is 6.21. The number of imide groups is 1. The van der Waals surface area contributed by atoms with E-state index in [4.69, 9.17) is 10.00 Å². The molecular weight excluding hydrogens is 553 g/mol. The number of rotatable bonds is 7. The van der Waals surface area contributed by atoms with Gasteiger partial charge >= 0.3 is 0 Å². The summed E-state index contributed by atoms with van der Waals surface area (Å²) in [6, 6.07) is 19.5. The molecule has 2 saturated heterocycles. The average Bonchev–Trinajstić information content (AvgIpc) is 3.33. The van der Waals surface area contributed by atoms with Crippen molar-refractivity contribution in [1.29, 1.82) is 5.26 Å². The van der Waals surface area contributed by atoms with E-state index < -0.39 is 11.9 Å². The molecule has 43 heavy (non-hydrogen) atoms. The van der Waals surface area contributed by atoms with Crippen LogP contribution in [0.15, 0.2) is 60.7 Å². The lowest BCUT2D eigenvalue weighted by Gasteiger charge is -2.36. The second-order valence-corrected chi connectivity index (χ2v) is 10.8. The molecule has 2 fully saturated rings. The van der Waals surface area contributed by atoms with Crippen molar-refractivity contribution in [1.82, 2.24) is 15.1 Å². The van der Waals surface area contributed by atoms with E-state index in [0.29, 0.717) is 48.7 Å². The Hall–Kier alpha value is -4.79. The van der Waals surface area contributed by atoms with E-state index in [1.165, 1.54) is 16.5 Å². The molecule has 0 aliphatic carbocycles. The van der Waals surface area contributed by atoms with Crippen LogP contribution in [0.3, 0.4) is 0 Å². The number of amides is 3. The topological polar surface area (TPSA) is 137 Å². The van der Waals surface area contributed by atoms with Crippen LogP contribution in [-0.4, -0.2) is 65.2 Å². The van der Waals surface area contributed by atoms with Gasteiger partial charge in [0.15, 0.2) is 0 Å². The predicted molar refractivity (Wildman–Crippen MR) is 155 cm³/mol. The van der Waals surface area contributed by atoms with Crippen molar-refractivity contribution in [3.8, 4) is 11.8 Å². The normalized spacial score (nSPS) is 18.5. The minimum atomic E-state index is -0.664. The molecule has 0 aromatic heterocycles. The van der Waals surface area contributed by atoms with Gasteiger partial charge in [-0.3, -0.25) is 24.6 Å². The van der Waals surface area contributed by atoms with Crippen LogP contribution < -0.4 is 15.0 Å². The van der Waals surface area contributed by atoms with Gasteiger partial charge in [0.25, 0.3) is 5.91 Å². The quantitative estimate of drug-likeness (QED) is 0.421. The smallest absolute Gasteiger partial charge is 0.255 e. The number of hydrogen-bond acceptors (Lipinski definition) is 7. The Morgan fingerprint density at radius 2 is 1.72 bits per heavy atom. The molecule has 3 aromatic carbocycles. The van der Waals surface area contributed by atoms with Gasteiger partial charge in [-0.25, -0.2) is 4.39 Å². The number of carbonyl (C=O) groups is 3. The standard InChI is InChI=1S/C32H30FN5O4.H2O/c33-26-16-23(17-34)8-9-27(26)37-14-12-36(13-15-37)18-21-4-6-22(7-5-21)20-42-29-3-1-2-24-25(29)19-38(32(24)41)28-10-11-30(39)35-31(28)40;/h1-9,16,28H,10-15,18-20H2,(H,35,39,40);1H2/t28-;/m0./s1. The van der Waals surface area contributed by atoms with Crippen LogP contribution in [0.25, 0.3) is 0 Å². The van der Waals surface area contributed by atoms with Gasteiger partial charge < -0.3 is 20.0 Å². The first-order valence-electron chi connectivity index (χ1n) is 14.0. The van der Waals surface area contributed by atoms with Crippen molar-refractivity contribution in [2.24, 2.45) is 0 Å². The lowest BCUT2D eigenvalue weighted by atomic mass is 10.0. The molecule has 222 valence electrons. The van der Waals surface area contributed by atoms with Crippen molar-refractivity contribution in [3.05, 3.63) is 94.3 Å². The van der Waals surface area contributed by atoms with E-state index in [1.807, 2.05) is 29.2 Å². The van der Waals surface area contributed by atoms with Crippen molar-refractivity contribution in [2.45, 2.75) is 38.6 Å². The molecule has 0 unspecified atom stereocenters. The third-order valence-electron chi connectivity index (χ3n) is 8.15. The number of fused-ring (bicyclic) bond motifs is 1. The summed E-state index contributed by atoms with van der Waals surface area (Å²) >= 11 is 0. The van der Waals surface area contributed by atoms with Crippen LogP contribution in [0.4, 0.5) is 10.1 Å². The van der Waals surface area contributed by atoms with E-state index in [2.05, 4.69) is 22.3 Å². The number of nitrogens with one attached hydrogen (secondary N) is 1. The minimum absolute atomic E-state index is 0. The summed E-state index contributed by atoms with van der Waals surface area (Å²) < 4.78 is 20.6. The molecule has 3 aromatic rings. The van der Waals surface area contributed by atoms with E-state index in [0.717, 1.165) is 30.8 Å². The molecule has 10 nitrogen and oxygen atoms in total. The van der Waals surface area contributed by atoms with E-state index in [9.17, 15) is 18.8 Å². The number of hydrogen-bond donors (Lipinski definition) is 1. The highest BCUT2D eigenvalue weighted by Gasteiger charge is 2.40. The van der Waals surface area contributed by atoms with E-state index in [-0.39, 0.29) is 36.1 Å². The number of carbonyl (C=O) groups excluding carboxylic acids is 3.